The van der Waals surface area contributed by atoms with Crippen LogP contribution in [0.15, 0.2) is 18.2 Å². The number of ether oxygens (including phenoxy) is 1. The number of nitrogen functional groups attached to an aromatic ring is 1. The van der Waals surface area contributed by atoms with Gasteiger partial charge < -0.3 is 10.5 Å². The zero-order valence-electron chi connectivity index (χ0n) is 7.91. The Labute approximate surface area is 95.4 Å². The maximum Gasteiger partial charge on any atom is 0.350 e. The minimum atomic E-state index is -0.426. The molecule has 0 spiro atoms. The van der Waals surface area contributed by atoms with E-state index in [0.29, 0.717) is 15.6 Å². The molecule has 0 fully saturated rings. The summed E-state index contributed by atoms with van der Waals surface area (Å²) >= 11 is 7.28. The number of benzene rings is 1. The third-order valence-corrected chi connectivity index (χ3v) is 3.54. The van der Waals surface area contributed by atoms with E-state index in [1.165, 1.54) is 18.4 Å². The molecule has 5 heteroatoms. The van der Waals surface area contributed by atoms with Gasteiger partial charge in [0.25, 0.3) is 0 Å². The Bertz CT molecular complexity index is 535. The Hall–Kier alpha value is -1.26. The van der Waals surface area contributed by atoms with Crippen LogP contribution in [0.2, 0.25) is 5.02 Å². The molecule has 0 aliphatic heterocycles. The molecule has 1 aromatic carbocycles. The van der Waals surface area contributed by atoms with Crippen LogP contribution in [-0.2, 0) is 4.74 Å². The highest BCUT2D eigenvalue weighted by atomic mass is 35.5. The van der Waals surface area contributed by atoms with E-state index in [9.17, 15) is 4.79 Å². The summed E-state index contributed by atoms with van der Waals surface area (Å²) in [5, 5.41) is 1.28. The lowest BCUT2D eigenvalue weighted by Gasteiger charge is -1.97. The van der Waals surface area contributed by atoms with E-state index in [4.69, 9.17) is 17.3 Å². The molecule has 1 heterocycles. The highest BCUT2D eigenvalue weighted by Gasteiger charge is 2.17. The van der Waals surface area contributed by atoms with Gasteiger partial charge in [0.1, 0.15) is 4.88 Å². The summed E-state index contributed by atoms with van der Waals surface area (Å²) in [6.07, 6.45) is 0. The van der Waals surface area contributed by atoms with Gasteiger partial charge in [0.2, 0.25) is 0 Å². The second kappa shape index (κ2) is 3.72. The number of methoxy groups -OCH3 is 1. The second-order valence-corrected chi connectivity index (χ2v) is 4.41. The number of halogens is 1. The van der Waals surface area contributed by atoms with Crippen molar-refractivity contribution in [2.45, 2.75) is 0 Å². The average Bonchev–Trinajstić information content (AvgIpc) is 2.56. The van der Waals surface area contributed by atoms with Crippen LogP contribution in [0.5, 0.6) is 0 Å². The largest absolute Gasteiger partial charge is 0.465 e. The number of anilines is 1. The molecule has 15 heavy (non-hydrogen) atoms. The van der Waals surface area contributed by atoms with Crippen molar-refractivity contribution >= 4 is 44.7 Å². The normalized spacial score (nSPS) is 10.5. The van der Waals surface area contributed by atoms with E-state index in [-0.39, 0.29) is 0 Å². The fourth-order valence-corrected chi connectivity index (χ4v) is 2.77. The Morgan fingerprint density at radius 2 is 2.27 bits per heavy atom. The smallest absolute Gasteiger partial charge is 0.350 e. The van der Waals surface area contributed by atoms with Gasteiger partial charge in [-0.05, 0) is 12.1 Å². The van der Waals surface area contributed by atoms with Gasteiger partial charge in [0.05, 0.1) is 17.8 Å². The molecular formula is C10H8ClNO2S. The Kier molecular flexibility index (Phi) is 2.54. The maximum atomic E-state index is 11.4. The molecule has 0 radical (unpaired) electrons. The SMILES string of the molecule is COC(=O)c1sc2cccc(Cl)c2c1N. The molecule has 78 valence electrons. The summed E-state index contributed by atoms with van der Waals surface area (Å²) in [5.74, 6) is -0.426. The topological polar surface area (TPSA) is 52.3 Å². The second-order valence-electron chi connectivity index (χ2n) is 2.95. The molecule has 0 unspecified atom stereocenters. The quantitative estimate of drug-likeness (QED) is 0.781. The monoisotopic (exact) mass is 241 g/mol. The van der Waals surface area contributed by atoms with Crippen LogP contribution >= 0.6 is 22.9 Å². The molecule has 2 aromatic rings. The zero-order chi connectivity index (χ0) is 11.0. The number of nitrogens with two attached hydrogens (primary N) is 1. The molecule has 0 atom stereocenters. The number of rotatable bonds is 1. The molecule has 3 nitrogen and oxygen atoms in total. The number of carbonyl (C=O) groups is 1. The number of hydrogen-bond acceptors (Lipinski definition) is 4. The van der Waals surface area contributed by atoms with Gasteiger partial charge in [-0.1, -0.05) is 17.7 Å². The molecule has 0 saturated heterocycles. The van der Waals surface area contributed by atoms with Crippen LogP contribution < -0.4 is 5.73 Å². The van der Waals surface area contributed by atoms with Crippen LogP contribution in [0.1, 0.15) is 9.67 Å². The Morgan fingerprint density at radius 1 is 1.53 bits per heavy atom. The number of carbonyl (C=O) groups excluding carboxylic acids is 1. The van der Waals surface area contributed by atoms with Crippen LogP contribution in [0.3, 0.4) is 0 Å². The first-order chi connectivity index (χ1) is 7.15. The fraction of sp³-hybridized carbons (Fsp3) is 0.100. The predicted octanol–water partition coefficient (Wildman–Crippen LogP) is 2.92. The van der Waals surface area contributed by atoms with E-state index in [2.05, 4.69) is 4.74 Å². The first-order valence-corrected chi connectivity index (χ1v) is 5.39. The van der Waals surface area contributed by atoms with Gasteiger partial charge in [-0.3, -0.25) is 0 Å². The van der Waals surface area contributed by atoms with Crippen molar-refractivity contribution in [2.24, 2.45) is 0 Å². The molecule has 0 aliphatic rings. The average molecular weight is 242 g/mol. The Morgan fingerprint density at radius 3 is 2.87 bits per heavy atom. The molecule has 2 N–H and O–H groups in total. The summed E-state index contributed by atoms with van der Waals surface area (Å²) in [6.45, 7) is 0. The minimum absolute atomic E-state index is 0.396. The van der Waals surface area contributed by atoms with E-state index in [1.54, 1.807) is 6.07 Å². The summed E-state index contributed by atoms with van der Waals surface area (Å²) in [4.78, 5) is 11.8. The van der Waals surface area contributed by atoms with Gasteiger partial charge in [-0.25, -0.2) is 4.79 Å². The van der Waals surface area contributed by atoms with Crippen LogP contribution in [-0.4, -0.2) is 13.1 Å². The molecule has 0 aliphatic carbocycles. The molecule has 1 aromatic heterocycles. The van der Waals surface area contributed by atoms with Crippen molar-refractivity contribution in [3.63, 3.8) is 0 Å². The molecular weight excluding hydrogens is 234 g/mol. The third kappa shape index (κ3) is 1.56. The lowest BCUT2D eigenvalue weighted by Crippen LogP contribution is -2.01. The predicted molar refractivity (Wildman–Crippen MR) is 62.6 cm³/mol. The summed E-state index contributed by atoms with van der Waals surface area (Å²) in [7, 11) is 1.33. The van der Waals surface area contributed by atoms with Gasteiger partial charge >= 0.3 is 5.97 Å². The summed E-state index contributed by atoms with van der Waals surface area (Å²) < 4.78 is 5.52. The van der Waals surface area contributed by atoms with E-state index in [0.717, 1.165) is 10.1 Å². The van der Waals surface area contributed by atoms with E-state index < -0.39 is 5.97 Å². The molecule has 0 bridgehead atoms. The first-order valence-electron chi connectivity index (χ1n) is 4.20. The Balaban J connectivity index is 2.75. The fourth-order valence-electron chi connectivity index (χ4n) is 1.37. The van der Waals surface area contributed by atoms with Gasteiger partial charge in [0, 0.05) is 10.1 Å². The third-order valence-electron chi connectivity index (χ3n) is 2.07. The van der Waals surface area contributed by atoms with Gasteiger partial charge in [-0.15, -0.1) is 11.3 Å². The zero-order valence-corrected chi connectivity index (χ0v) is 9.48. The van der Waals surface area contributed by atoms with Crippen LogP contribution in [0, 0.1) is 0 Å². The van der Waals surface area contributed by atoms with Crippen LogP contribution in [0.25, 0.3) is 10.1 Å². The van der Waals surface area contributed by atoms with Crippen molar-refractivity contribution in [3.8, 4) is 0 Å². The maximum absolute atomic E-state index is 11.4. The minimum Gasteiger partial charge on any atom is -0.465 e. The van der Waals surface area contributed by atoms with E-state index >= 15 is 0 Å². The lowest BCUT2D eigenvalue weighted by atomic mass is 10.2. The molecule has 0 saturated carbocycles. The number of hydrogen-bond donors (Lipinski definition) is 1. The highest BCUT2D eigenvalue weighted by Crippen LogP contribution is 2.38. The highest BCUT2D eigenvalue weighted by molar-refractivity contribution is 7.21. The van der Waals surface area contributed by atoms with Crippen molar-refractivity contribution in [2.75, 3.05) is 12.8 Å². The van der Waals surface area contributed by atoms with Crippen molar-refractivity contribution < 1.29 is 9.53 Å². The summed E-state index contributed by atoms with van der Waals surface area (Å²) in [6, 6.07) is 5.43. The van der Waals surface area contributed by atoms with E-state index in [1.807, 2.05) is 12.1 Å². The van der Waals surface area contributed by atoms with Crippen molar-refractivity contribution in [3.05, 3.63) is 28.1 Å². The summed E-state index contributed by atoms with van der Waals surface area (Å²) in [5.41, 5.74) is 6.24. The first kappa shape index (κ1) is 10.3. The molecule has 0 amide bonds. The molecule has 2 rings (SSSR count). The number of thiophene rings is 1. The van der Waals surface area contributed by atoms with Crippen molar-refractivity contribution in [1.82, 2.24) is 0 Å². The van der Waals surface area contributed by atoms with Gasteiger partial charge in [-0.2, -0.15) is 0 Å². The number of fused-ring (bicyclic) bond motifs is 1. The lowest BCUT2D eigenvalue weighted by molar-refractivity contribution is 0.0607. The number of esters is 1. The van der Waals surface area contributed by atoms with Crippen LogP contribution in [0.4, 0.5) is 5.69 Å². The standard InChI is InChI=1S/C10H8ClNO2S/c1-14-10(13)9-8(12)7-5(11)3-2-4-6(7)15-9/h2-4H,12H2,1H3. The van der Waals surface area contributed by atoms with Gasteiger partial charge in [0.15, 0.2) is 0 Å². The van der Waals surface area contributed by atoms with Crippen molar-refractivity contribution in [1.29, 1.82) is 0 Å².